The van der Waals surface area contributed by atoms with Gasteiger partial charge in [0.15, 0.2) is 23.3 Å². The van der Waals surface area contributed by atoms with Crippen LogP contribution in [0.4, 0.5) is 22.4 Å². The van der Waals surface area contributed by atoms with Gasteiger partial charge >= 0.3 is 12.1 Å². The van der Waals surface area contributed by atoms with Crippen molar-refractivity contribution in [3.05, 3.63) is 64.7 Å². The average molecular weight is 443 g/mol. The SMILES string of the molecule is CN(CC(O)c1ccc(OC(=O)c2c(F)c(F)cc(F)c2F)cc1)C(=O)OC(C)(C)C. The molecule has 2 aromatic carbocycles. The number of esters is 1. The van der Waals surface area contributed by atoms with E-state index in [2.05, 4.69) is 0 Å². The molecule has 0 saturated heterocycles. The van der Waals surface area contributed by atoms with Crippen molar-refractivity contribution in [2.45, 2.75) is 32.5 Å². The number of nitrogens with zero attached hydrogens (tertiary/aromatic N) is 1. The van der Waals surface area contributed by atoms with Crippen LogP contribution >= 0.6 is 0 Å². The Kier molecular flexibility index (Phi) is 7.27. The van der Waals surface area contributed by atoms with Gasteiger partial charge in [-0.1, -0.05) is 12.1 Å². The van der Waals surface area contributed by atoms with E-state index >= 15 is 0 Å². The van der Waals surface area contributed by atoms with Crippen LogP contribution < -0.4 is 4.74 Å². The molecule has 1 atom stereocenters. The smallest absolute Gasteiger partial charge is 0.410 e. The number of amides is 1. The largest absolute Gasteiger partial charge is 0.444 e. The van der Waals surface area contributed by atoms with E-state index in [0.29, 0.717) is 5.56 Å². The zero-order valence-corrected chi connectivity index (χ0v) is 17.2. The van der Waals surface area contributed by atoms with Crippen LogP contribution in [-0.4, -0.2) is 41.3 Å². The Balaban J connectivity index is 2.07. The summed E-state index contributed by atoms with van der Waals surface area (Å²) < 4.78 is 63.9. The lowest BCUT2D eigenvalue weighted by atomic mass is 10.1. The molecule has 0 aliphatic rings. The van der Waals surface area contributed by atoms with Crippen LogP contribution in [0.25, 0.3) is 0 Å². The molecule has 168 valence electrons. The summed E-state index contributed by atoms with van der Waals surface area (Å²) >= 11 is 0. The van der Waals surface area contributed by atoms with Crippen LogP contribution in [0.2, 0.25) is 0 Å². The summed E-state index contributed by atoms with van der Waals surface area (Å²) in [6.07, 6.45) is -1.75. The average Bonchev–Trinajstić information content (AvgIpc) is 2.65. The third kappa shape index (κ3) is 6.17. The minimum atomic E-state index is -1.87. The Morgan fingerprint density at radius 1 is 1.03 bits per heavy atom. The van der Waals surface area contributed by atoms with Crippen LogP contribution in [0.3, 0.4) is 0 Å². The van der Waals surface area contributed by atoms with Gasteiger partial charge in [-0.25, -0.2) is 27.2 Å². The molecular formula is C21H21F4NO5. The summed E-state index contributed by atoms with van der Waals surface area (Å²) in [6.45, 7) is 4.99. The zero-order chi connectivity index (χ0) is 23.5. The standard InChI is InChI=1S/C21H21F4NO5/c1-21(2,3)31-20(29)26(4)10-15(27)11-5-7-12(8-6-11)30-19(28)16-17(24)13(22)9-14(23)18(16)25/h5-9,15,27H,10H2,1-4H3. The fraction of sp³-hybridized carbons (Fsp3) is 0.333. The van der Waals surface area contributed by atoms with Gasteiger partial charge in [0, 0.05) is 13.1 Å². The van der Waals surface area contributed by atoms with Gasteiger partial charge in [-0.2, -0.15) is 0 Å². The van der Waals surface area contributed by atoms with Crippen molar-refractivity contribution in [1.29, 1.82) is 0 Å². The van der Waals surface area contributed by atoms with Crippen LogP contribution in [0.1, 0.15) is 42.8 Å². The first-order valence-corrected chi connectivity index (χ1v) is 9.07. The van der Waals surface area contributed by atoms with Crippen molar-refractivity contribution >= 4 is 12.1 Å². The number of ether oxygens (including phenoxy) is 2. The molecule has 10 heteroatoms. The Hall–Kier alpha value is -3.14. The molecule has 0 saturated carbocycles. The number of hydrogen-bond acceptors (Lipinski definition) is 5. The van der Waals surface area contributed by atoms with E-state index in [1.54, 1.807) is 20.8 Å². The maximum atomic E-state index is 13.7. The predicted molar refractivity (Wildman–Crippen MR) is 101 cm³/mol. The van der Waals surface area contributed by atoms with Gasteiger partial charge < -0.3 is 19.5 Å². The van der Waals surface area contributed by atoms with Gasteiger partial charge in [0.1, 0.15) is 16.9 Å². The maximum Gasteiger partial charge on any atom is 0.410 e. The number of likely N-dealkylation sites (N-methyl/N-ethyl adjacent to an activating group) is 1. The molecule has 0 radical (unpaired) electrons. The molecular weight excluding hydrogens is 422 g/mol. The second-order valence-corrected chi connectivity index (χ2v) is 7.68. The molecule has 1 unspecified atom stereocenters. The van der Waals surface area contributed by atoms with Crippen molar-refractivity contribution < 1.29 is 41.7 Å². The molecule has 1 N–H and O–H groups in total. The van der Waals surface area contributed by atoms with E-state index < -0.39 is 52.6 Å². The van der Waals surface area contributed by atoms with Gasteiger partial charge in [0.2, 0.25) is 0 Å². The Labute approximate surface area is 176 Å². The van der Waals surface area contributed by atoms with E-state index in [1.807, 2.05) is 0 Å². The number of aliphatic hydroxyl groups is 1. The van der Waals surface area contributed by atoms with Crippen LogP contribution in [0.15, 0.2) is 30.3 Å². The summed E-state index contributed by atoms with van der Waals surface area (Å²) in [5.41, 5.74) is -1.87. The van der Waals surface area contributed by atoms with Gasteiger partial charge in [-0.3, -0.25) is 0 Å². The molecule has 31 heavy (non-hydrogen) atoms. The molecule has 2 rings (SSSR count). The number of hydrogen-bond donors (Lipinski definition) is 1. The molecule has 2 aromatic rings. The van der Waals surface area contributed by atoms with E-state index in [1.165, 1.54) is 36.2 Å². The summed E-state index contributed by atoms with van der Waals surface area (Å²) in [5, 5.41) is 10.3. The van der Waals surface area contributed by atoms with Gasteiger partial charge in [-0.15, -0.1) is 0 Å². The third-order valence-corrected chi connectivity index (χ3v) is 3.94. The minimum Gasteiger partial charge on any atom is -0.444 e. The molecule has 0 bridgehead atoms. The number of halogens is 4. The highest BCUT2D eigenvalue weighted by atomic mass is 19.2. The number of aliphatic hydroxyl groups excluding tert-OH is 1. The van der Waals surface area contributed by atoms with E-state index in [4.69, 9.17) is 9.47 Å². The monoisotopic (exact) mass is 443 g/mol. The first kappa shape index (κ1) is 24.1. The van der Waals surface area contributed by atoms with Crippen molar-refractivity contribution in [3.8, 4) is 5.75 Å². The fourth-order valence-corrected chi connectivity index (χ4v) is 2.45. The van der Waals surface area contributed by atoms with Gasteiger partial charge in [0.05, 0.1) is 12.6 Å². The van der Waals surface area contributed by atoms with Crippen LogP contribution in [0, 0.1) is 23.3 Å². The third-order valence-electron chi connectivity index (χ3n) is 3.94. The molecule has 0 aliphatic carbocycles. The molecule has 0 heterocycles. The highest BCUT2D eigenvalue weighted by molar-refractivity contribution is 5.91. The Morgan fingerprint density at radius 3 is 2.03 bits per heavy atom. The Bertz CT molecular complexity index is 947. The first-order valence-electron chi connectivity index (χ1n) is 9.07. The number of carbonyl (C=O) groups is 2. The quantitative estimate of drug-likeness (QED) is 0.322. The topological polar surface area (TPSA) is 76.1 Å². The van der Waals surface area contributed by atoms with Crippen LogP contribution in [-0.2, 0) is 4.74 Å². The zero-order valence-electron chi connectivity index (χ0n) is 17.2. The normalized spacial score (nSPS) is 12.3. The molecule has 0 aliphatic heterocycles. The van der Waals surface area contributed by atoms with Crippen molar-refractivity contribution in [1.82, 2.24) is 4.90 Å². The number of benzene rings is 2. The second kappa shape index (κ2) is 9.34. The number of rotatable bonds is 5. The fourth-order valence-electron chi connectivity index (χ4n) is 2.45. The van der Waals surface area contributed by atoms with Gasteiger partial charge in [-0.05, 0) is 38.5 Å². The second-order valence-electron chi connectivity index (χ2n) is 7.68. The highest BCUT2D eigenvalue weighted by Gasteiger charge is 2.27. The minimum absolute atomic E-state index is 0.0219. The summed E-state index contributed by atoms with van der Waals surface area (Å²) in [5.74, 6) is -9.05. The summed E-state index contributed by atoms with van der Waals surface area (Å²) in [7, 11) is 1.44. The maximum absolute atomic E-state index is 13.7. The first-order chi connectivity index (χ1) is 14.3. The molecule has 0 spiro atoms. The lowest BCUT2D eigenvalue weighted by Crippen LogP contribution is -2.36. The predicted octanol–water partition coefficient (Wildman–Crippen LogP) is 4.36. The highest BCUT2D eigenvalue weighted by Crippen LogP contribution is 2.23. The van der Waals surface area contributed by atoms with E-state index in [-0.39, 0.29) is 18.4 Å². The molecule has 0 fully saturated rings. The van der Waals surface area contributed by atoms with Crippen molar-refractivity contribution in [2.24, 2.45) is 0 Å². The number of carbonyl (C=O) groups excluding carboxylic acids is 2. The Morgan fingerprint density at radius 2 is 1.55 bits per heavy atom. The van der Waals surface area contributed by atoms with E-state index in [0.717, 1.165) is 0 Å². The van der Waals surface area contributed by atoms with E-state index in [9.17, 15) is 32.3 Å². The molecule has 1 amide bonds. The lowest BCUT2D eigenvalue weighted by Gasteiger charge is -2.26. The van der Waals surface area contributed by atoms with Crippen molar-refractivity contribution in [2.75, 3.05) is 13.6 Å². The lowest BCUT2D eigenvalue weighted by molar-refractivity contribution is 0.0205. The van der Waals surface area contributed by atoms with Crippen LogP contribution in [0.5, 0.6) is 5.75 Å². The van der Waals surface area contributed by atoms with Crippen molar-refractivity contribution in [3.63, 3.8) is 0 Å². The summed E-state index contributed by atoms with van der Waals surface area (Å²) in [4.78, 5) is 25.1. The summed E-state index contributed by atoms with van der Waals surface area (Å²) in [6, 6.07) is 5.07. The molecule has 6 nitrogen and oxygen atoms in total. The van der Waals surface area contributed by atoms with Gasteiger partial charge in [0.25, 0.3) is 0 Å². The molecule has 0 aromatic heterocycles.